The Morgan fingerprint density at radius 1 is 1.20 bits per heavy atom. The first-order valence-electron chi connectivity index (χ1n) is 10.6. The number of anilines is 1. The van der Waals surface area contributed by atoms with Gasteiger partial charge in [-0.2, -0.15) is 0 Å². The highest BCUT2D eigenvalue weighted by Crippen LogP contribution is 2.41. The second-order valence-electron chi connectivity index (χ2n) is 8.83. The lowest BCUT2D eigenvalue weighted by Crippen LogP contribution is -2.45. The van der Waals surface area contributed by atoms with Crippen LogP contribution in [-0.4, -0.2) is 37.8 Å². The van der Waals surface area contributed by atoms with Gasteiger partial charge in [0.15, 0.2) is 15.6 Å². The summed E-state index contributed by atoms with van der Waals surface area (Å²) < 4.78 is 67.7. The smallest absolute Gasteiger partial charge is 0.248 e. The van der Waals surface area contributed by atoms with E-state index in [1.165, 1.54) is 0 Å². The van der Waals surface area contributed by atoms with Crippen LogP contribution in [0.5, 0.6) is 0 Å². The van der Waals surface area contributed by atoms with Crippen molar-refractivity contribution in [2.24, 2.45) is 11.7 Å². The molecule has 0 spiro atoms. The third-order valence-electron chi connectivity index (χ3n) is 6.19. The van der Waals surface area contributed by atoms with Gasteiger partial charge >= 0.3 is 0 Å². The number of amides is 1. The normalized spacial score (nSPS) is 22.8. The minimum Gasteiger partial charge on any atom is -0.319 e. The van der Waals surface area contributed by atoms with Crippen LogP contribution < -0.4 is 10.6 Å². The maximum Gasteiger partial charge on any atom is 0.248 e. The number of sulfone groups is 1. The number of nitrogens with two attached hydrogens (primary N) is 1. The molecular weight excluding hydrogens is 528 g/mol. The van der Waals surface area contributed by atoms with Gasteiger partial charge in [-0.15, -0.1) is 12.4 Å². The van der Waals surface area contributed by atoms with Gasteiger partial charge in [0, 0.05) is 24.3 Å². The molecule has 1 amide bonds. The van der Waals surface area contributed by atoms with Crippen LogP contribution in [0.15, 0.2) is 41.3 Å². The van der Waals surface area contributed by atoms with Crippen LogP contribution in [0.25, 0.3) is 0 Å². The van der Waals surface area contributed by atoms with Gasteiger partial charge in [0.25, 0.3) is 0 Å². The molecular formula is C23H23Cl2F3N2O4S. The second-order valence-corrected chi connectivity index (χ2v) is 11.3. The summed E-state index contributed by atoms with van der Waals surface area (Å²) in [7, 11) is -4.15. The van der Waals surface area contributed by atoms with Crippen molar-refractivity contribution in [2.75, 3.05) is 10.7 Å². The summed E-state index contributed by atoms with van der Waals surface area (Å²) in [5.41, 5.74) is 5.82. The summed E-state index contributed by atoms with van der Waals surface area (Å²) in [5, 5.41) is 0.457. The topological polar surface area (TPSA) is 97.5 Å². The Balaban J connectivity index is 0.00000342. The summed E-state index contributed by atoms with van der Waals surface area (Å²) in [4.78, 5) is 26.5. The largest absolute Gasteiger partial charge is 0.319 e. The summed E-state index contributed by atoms with van der Waals surface area (Å²) in [5.74, 6) is -6.72. The summed E-state index contributed by atoms with van der Waals surface area (Å²) in [6.45, 7) is -0.0969. The number of hydrogen-bond donors (Lipinski definition) is 1. The zero-order chi connectivity index (χ0) is 24.8. The number of carbonyl (C=O) groups is 2. The summed E-state index contributed by atoms with van der Waals surface area (Å²) in [6, 6.07) is 6.78. The Hall–Kier alpha value is -2.14. The van der Waals surface area contributed by atoms with E-state index in [1.54, 1.807) is 24.3 Å². The average molecular weight is 551 g/mol. The number of carbonyl (C=O) groups excluding carboxylic acids is 2. The van der Waals surface area contributed by atoms with Crippen LogP contribution >= 0.6 is 24.0 Å². The van der Waals surface area contributed by atoms with E-state index >= 15 is 0 Å². The molecule has 1 saturated carbocycles. The molecule has 2 atom stereocenters. The highest BCUT2D eigenvalue weighted by Gasteiger charge is 2.41. The van der Waals surface area contributed by atoms with Crippen molar-refractivity contribution in [3.63, 3.8) is 0 Å². The fraction of sp³-hybridized carbons (Fsp3) is 0.391. The molecule has 1 unspecified atom stereocenters. The van der Waals surface area contributed by atoms with Crippen LogP contribution in [0.4, 0.5) is 18.9 Å². The molecule has 2 aliphatic rings. The van der Waals surface area contributed by atoms with Gasteiger partial charge in [-0.3, -0.25) is 9.59 Å². The Kier molecular flexibility index (Phi) is 7.91. The SMILES string of the molecule is Cl.N[C@H]1CS(=O)(=O)c2cc(F)c(C(=O)CC3CCC(F)(F)C3)cc2N(Cc2ccc(Cl)cc2)C1=O. The third-order valence-corrected chi connectivity index (χ3v) is 8.24. The van der Waals surface area contributed by atoms with E-state index in [-0.39, 0.29) is 43.9 Å². The number of hydrogen-bond acceptors (Lipinski definition) is 5. The predicted molar refractivity (Wildman–Crippen MR) is 128 cm³/mol. The number of halogens is 5. The molecule has 35 heavy (non-hydrogen) atoms. The molecule has 1 aliphatic heterocycles. The lowest BCUT2D eigenvalue weighted by atomic mass is 9.96. The zero-order valence-corrected chi connectivity index (χ0v) is 20.7. The Morgan fingerprint density at radius 2 is 1.86 bits per heavy atom. The van der Waals surface area contributed by atoms with E-state index in [2.05, 4.69) is 0 Å². The van der Waals surface area contributed by atoms with E-state index in [0.717, 1.165) is 11.0 Å². The third kappa shape index (κ3) is 5.82. The zero-order valence-electron chi connectivity index (χ0n) is 18.3. The van der Waals surface area contributed by atoms with Gasteiger partial charge < -0.3 is 10.6 Å². The van der Waals surface area contributed by atoms with E-state index in [0.29, 0.717) is 16.7 Å². The highest BCUT2D eigenvalue weighted by atomic mass is 35.5. The van der Waals surface area contributed by atoms with E-state index in [9.17, 15) is 31.2 Å². The van der Waals surface area contributed by atoms with Gasteiger partial charge in [0.2, 0.25) is 11.8 Å². The minimum absolute atomic E-state index is 0. The van der Waals surface area contributed by atoms with Crippen molar-refractivity contribution in [1.29, 1.82) is 0 Å². The maximum atomic E-state index is 14.9. The van der Waals surface area contributed by atoms with Gasteiger partial charge in [-0.25, -0.2) is 21.6 Å². The van der Waals surface area contributed by atoms with Gasteiger partial charge in [-0.05, 0) is 42.2 Å². The molecule has 0 bridgehead atoms. The molecule has 0 aromatic heterocycles. The first-order chi connectivity index (χ1) is 15.9. The van der Waals surface area contributed by atoms with Crippen molar-refractivity contribution in [3.05, 3.63) is 58.4 Å². The molecule has 0 radical (unpaired) electrons. The number of benzene rings is 2. The molecule has 0 saturated heterocycles. The van der Waals surface area contributed by atoms with Crippen molar-refractivity contribution in [1.82, 2.24) is 0 Å². The molecule has 12 heteroatoms. The molecule has 2 aromatic rings. The van der Waals surface area contributed by atoms with Gasteiger partial charge in [0.1, 0.15) is 5.82 Å². The molecule has 2 N–H and O–H groups in total. The molecule has 1 heterocycles. The fourth-order valence-corrected chi connectivity index (χ4v) is 6.15. The van der Waals surface area contributed by atoms with E-state index < -0.39 is 67.9 Å². The summed E-state index contributed by atoms with van der Waals surface area (Å²) in [6.07, 6.45) is -0.967. The quantitative estimate of drug-likeness (QED) is 0.550. The predicted octanol–water partition coefficient (Wildman–Crippen LogP) is 4.56. The Morgan fingerprint density at radius 3 is 2.46 bits per heavy atom. The summed E-state index contributed by atoms with van der Waals surface area (Å²) >= 11 is 5.91. The van der Waals surface area contributed by atoms with Crippen molar-refractivity contribution < 1.29 is 31.2 Å². The highest BCUT2D eigenvalue weighted by molar-refractivity contribution is 7.91. The number of fused-ring (bicyclic) bond motifs is 1. The first kappa shape index (κ1) is 27.4. The Labute approximate surface area is 211 Å². The van der Waals surface area contributed by atoms with Crippen molar-refractivity contribution >= 4 is 51.2 Å². The lowest BCUT2D eigenvalue weighted by Gasteiger charge is -2.25. The molecule has 1 fully saturated rings. The van der Waals surface area contributed by atoms with Crippen LogP contribution in [0, 0.1) is 11.7 Å². The molecule has 4 rings (SSSR count). The van der Waals surface area contributed by atoms with Crippen LogP contribution in [-0.2, 0) is 21.2 Å². The van der Waals surface area contributed by atoms with Crippen molar-refractivity contribution in [2.45, 2.75) is 49.1 Å². The standard InChI is InChI=1S/C23H22ClF3N2O4S.ClH/c24-15-3-1-13(2-4-15)11-29-19-8-16(20(30)7-14-5-6-23(26,27)10-14)17(25)9-21(19)34(32,33)12-18(28)22(29)31;/h1-4,8-9,14,18H,5-7,10-12,28H2;1H/t14?,18-;/m0./s1. The monoisotopic (exact) mass is 550 g/mol. The van der Waals surface area contributed by atoms with Crippen LogP contribution in [0.2, 0.25) is 5.02 Å². The van der Waals surface area contributed by atoms with Crippen LogP contribution in [0.3, 0.4) is 0 Å². The first-order valence-corrected chi connectivity index (χ1v) is 12.7. The van der Waals surface area contributed by atoms with E-state index in [1.807, 2.05) is 0 Å². The number of alkyl halides is 2. The number of rotatable bonds is 5. The lowest BCUT2D eigenvalue weighted by molar-refractivity contribution is -0.119. The molecule has 6 nitrogen and oxygen atoms in total. The van der Waals surface area contributed by atoms with Crippen LogP contribution in [0.1, 0.15) is 41.6 Å². The fourth-order valence-electron chi connectivity index (χ4n) is 4.46. The maximum absolute atomic E-state index is 14.9. The molecule has 2 aromatic carbocycles. The second kappa shape index (κ2) is 10.1. The number of Topliss-reactive ketones (excluding diaryl/α,β-unsaturated/α-hetero) is 1. The van der Waals surface area contributed by atoms with Gasteiger partial charge in [-0.1, -0.05) is 23.7 Å². The minimum atomic E-state index is -4.15. The van der Waals surface area contributed by atoms with Gasteiger partial charge in [0.05, 0.1) is 34.5 Å². The Bertz CT molecular complexity index is 1260. The van der Waals surface area contributed by atoms with Crippen molar-refractivity contribution in [3.8, 4) is 0 Å². The average Bonchev–Trinajstić information content (AvgIpc) is 3.07. The van der Waals surface area contributed by atoms with E-state index in [4.69, 9.17) is 17.3 Å². The molecule has 190 valence electrons. The number of nitrogens with zero attached hydrogens (tertiary/aromatic N) is 1. The number of ketones is 1. The molecule has 1 aliphatic carbocycles.